The van der Waals surface area contributed by atoms with Gasteiger partial charge in [0.05, 0.1) is 5.69 Å². The van der Waals surface area contributed by atoms with Gasteiger partial charge in [-0.3, -0.25) is 0 Å². The van der Waals surface area contributed by atoms with Crippen molar-refractivity contribution in [3.05, 3.63) is 52.4 Å². The fraction of sp³-hybridized carbons (Fsp3) is 0.471. The highest BCUT2D eigenvalue weighted by Crippen LogP contribution is 2.56. The van der Waals surface area contributed by atoms with E-state index in [0.717, 1.165) is 21.7 Å². The summed E-state index contributed by atoms with van der Waals surface area (Å²) in [5.41, 5.74) is 2.36. The molecule has 0 saturated carbocycles. The van der Waals surface area contributed by atoms with Crippen LogP contribution < -0.4 is 0 Å². The fourth-order valence-corrected chi connectivity index (χ4v) is 5.81. The van der Waals surface area contributed by atoms with Crippen molar-refractivity contribution < 1.29 is 4.52 Å². The Bertz CT molecular complexity index is 638. The van der Waals surface area contributed by atoms with Crippen LogP contribution in [0.2, 0.25) is 5.02 Å². The lowest BCUT2D eigenvalue weighted by molar-refractivity contribution is 0.331. The van der Waals surface area contributed by atoms with Gasteiger partial charge < -0.3 is 4.52 Å². The molecule has 21 heavy (non-hydrogen) atoms. The first-order chi connectivity index (χ1) is 10.2. The zero-order valence-electron chi connectivity index (χ0n) is 12.0. The Hall–Kier alpha value is -0.930. The molecule has 2 fully saturated rings. The smallest absolute Gasteiger partial charge is 0.141 e. The molecule has 0 N–H and O–H groups in total. The van der Waals surface area contributed by atoms with E-state index in [1.807, 2.05) is 19.1 Å². The minimum Gasteiger partial charge on any atom is -0.361 e. The van der Waals surface area contributed by atoms with Crippen molar-refractivity contribution in [3.63, 3.8) is 0 Å². The van der Waals surface area contributed by atoms with E-state index < -0.39 is 0 Å². The van der Waals surface area contributed by atoms with Crippen LogP contribution >= 0.6 is 23.4 Å². The maximum absolute atomic E-state index is 6.04. The van der Waals surface area contributed by atoms with Crippen molar-refractivity contribution in [3.8, 4) is 0 Å². The lowest BCUT2D eigenvalue weighted by Gasteiger charge is -2.35. The fourth-order valence-electron chi connectivity index (χ4n) is 3.84. The van der Waals surface area contributed by atoms with Crippen molar-refractivity contribution in [1.82, 2.24) is 5.16 Å². The van der Waals surface area contributed by atoms with E-state index in [9.17, 15) is 0 Å². The monoisotopic (exact) mass is 319 g/mol. The predicted molar refractivity (Wildman–Crippen MR) is 87.2 cm³/mol. The van der Waals surface area contributed by atoms with Crippen molar-refractivity contribution in [2.24, 2.45) is 0 Å². The summed E-state index contributed by atoms with van der Waals surface area (Å²) in [5, 5.41) is 6.38. The van der Waals surface area contributed by atoms with Gasteiger partial charge in [0.15, 0.2) is 0 Å². The predicted octanol–water partition coefficient (Wildman–Crippen LogP) is 5.17. The number of nitrogens with zero attached hydrogens (tertiary/aromatic N) is 1. The van der Waals surface area contributed by atoms with Gasteiger partial charge in [-0.25, -0.2) is 0 Å². The summed E-state index contributed by atoms with van der Waals surface area (Å²) in [6.07, 6.45) is 3.86. The molecule has 0 spiro atoms. The molecule has 2 aromatic rings. The maximum Gasteiger partial charge on any atom is 0.141 e. The molecule has 2 unspecified atom stereocenters. The first kappa shape index (κ1) is 13.7. The van der Waals surface area contributed by atoms with E-state index in [4.69, 9.17) is 16.1 Å². The van der Waals surface area contributed by atoms with Crippen LogP contribution in [0.1, 0.15) is 48.1 Å². The molecule has 2 saturated heterocycles. The highest BCUT2D eigenvalue weighted by atomic mass is 35.5. The van der Waals surface area contributed by atoms with E-state index in [1.54, 1.807) is 0 Å². The van der Waals surface area contributed by atoms with Crippen LogP contribution in [-0.2, 0) is 0 Å². The van der Waals surface area contributed by atoms with Crippen molar-refractivity contribution in [2.75, 3.05) is 0 Å². The third kappa shape index (κ3) is 2.51. The molecule has 4 atom stereocenters. The molecule has 0 aliphatic carbocycles. The molecule has 2 aliphatic rings. The minimum absolute atomic E-state index is 0.441. The van der Waals surface area contributed by atoms with E-state index >= 15 is 0 Å². The number of aromatic nitrogens is 1. The third-order valence-corrected chi connectivity index (χ3v) is 6.71. The van der Waals surface area contributed by atoms with Gasteiger partial charge >= 0.3 is 0 Å². The second kappa shape index (κ2) is 5.36. The third-order valence-electron chi connectivity index (χ3n) is 4.76. The molecule has 3 heterocycles. The average Bonchev–Trinajstić information content (AvgIpc) is 3.07. The van der Waals surface area contributed by atoms with Crippen LogP contribution in [-0.4, -0.2) is 15.7 Å². The highest BCUT2D eigenvalue weighted by molar-refractivity contribution is 8.00. The molecule has 2 nitrogen and oxygen atoms in total. The SMILES string of the molecule is Cc1cc([C@@H]2C3CCC(C[C@H]2c2ccc(Cl)cc2)S3)on1. The normalized spacial score (nSPS) is 31.5. The molecule has 4 rings (SSSR count). The van der Waals surface area contributed by atoms with Gasteiger partial charge in [0.25, 0.3) is 0 Å². The van der Waals surface area contributed by atoms with Gasteiger partial charge in [0.1, 0.15) is 5.76 Å². The Morgan fingerprint density at radius 3 is 2.76 bits per heavy atom. The maximum atomic E-state index is 6.04. The van der Waals surface area contributed by atoms with Crippen LogP contribution in [0.15, 0.2) is 34.9 Å². The molecular formula is C17H18ClNOS. The van der Waals surface area contributed by atoms with Gasteiger partial charge in [0, 0.05) is 27.5 Å². The molecule has 2 bridgehead atoms. The molecule has 0 radical (unpaired) electrons. The molecule has 4 heteroatoms. The second-order valence-electron chi connectivity index (χ2n) is 6.16. The minimum atomic E-state index is 0.441. The number of hydrogen-bond donors (Lipinski definition) is 0. The largest absolute Gasteiger partial charge is 0.361 e. The zero-order valence-corrected chi connectivity index (χ0v) is 13.5. The van der Waals surface area contributed by atoms with Gasteiger partial charge in [-0.2, -0.15) is 11.8 Å². The number of benzene rings is 1. The molecular weight excluding hydrogens is 302 g/mol. The average molecular weight is 320 g/mol. The van der Waals surface area contributed by atoms with Crippen LogP contribution in [0.3, 0.4) is 0 Å². The Balaban J connectivity index is 1.73. The van der Waals surface area contributed by atoms with Crippen LogP contribution in [0.5, 0.6) is 0 Å². The van der Waals surface area contributed by atoms with Gasteiger partial charge in [0.2, 0.25) is 0 Å². The lowest BCUT2D eigenvalue weighted by Crippen LogP contribution is -2.26. The molecule has 1 aromatic heterocycles. The number of fused-ring (bicyclic) bond motifs is 2. The number of rotatable bonds is 2. The van der Waals surface area contributed by atoms with Gasteiger partial charge in [-0.1, -0.05) is 28.9 Å². The lowest BCUT2D eigenvalue weighted by atomic mass is 9.80. The summed E-state index contributed by atoms with van der Waals surface area (Å²) in [4.78, 5) is 0. The molecule has 2 aliphatic heterocycles. The first-order valence-corrected chi connectivity index (χ1v) is 8.87. The number of aryl methyl sites for hydroxylation is 1. The summed E-state index contributed by atoms with van der Waals surface area (Å²) in [7, 11) is 0. The standard InChI is InChI=1S/C17H18ClNOS/c1-10-8-15(20-19-10)17-14(9-13-6-7-16(17)21-13)11-2-4-12(18)5-3-11/h2-5,8,13-14,16-17H,6-7,9H2,1H3/t13?,14-,16?,17+/m0/s1. The zero-order chi connectivity index (χ0) is 14.4. The molecule has 1 aromatic carbocycles. The van der Waals surface area contributed by atoms with Gasteiger partial charge in [-0.15, -0.1) is 0 Å². The van der Waals surface area contributed by atoms with E-state index in [-0.39, 0.29) is 0 Å². The summed E-state index contributed by atoms with van der Waals surface area (Å²) in [5.74, 6) is 2.02. The Labute approximate surface area is 134 Å². The molecule has 0 amide bonds. The topological polar surface area (TPSA) is 26.0 Å². The van der Waals surface area contributed by atoms with Crippen LogP contribution in [0, 0.1) is 6.92 Å². The Kier molecular flexibility index (Phi) is 3.50. The van der Waals surface area contributed by atoms with Crippen molar-refractivity contribution >= 4 is 23.4 Å². The summed E-state index contributed by atoms with van der Waals surface area (Å²) >= 11 is 8.20. The number of thioether (sulfide) groups is 1. The summed E-state index contributed by atoms with van der Waals surface area (Å²) < 4.78 is 5.64. The molecule has 110 valence electrons. The van der Waals surface area contributed by atoms with E-state index in [1.165, 1.54) is 24.8 Å². The van der Waals surface area contributed by atoms with E-state index in [0.29, 0.717) is 17.1 Å². The summed E-state index contributed by atoms with van der Waals surface area (Å²) in [6.45, 7) is 2.00. The summed E-state index contributed by atoms with van der Waals surface area (Å²) in [6, 6.07) is 10.5. The van der Waals surface area contributed by atoms with Crippen LogP contribution in [0.4, 0.5) is 0 Å². The quantitative estimate of drug-likeness (QED) is 0.763. The first-order valence-electron chi connectivity index (χ1n) is 7.55. The van der Waals surface area contributed by atoms with Gasteiger partial charge in [-0.05, 0) is 49.8 Å². The second-order valence-corrected chi connectivity index (χ2v) is 8.14. The number of hydrogen-bond acceptors (Lipinski definition) is 3. The van der Waals surface area contributed by atoms with Crippen LogP contribution in [0.25, 0.3) is 0 Å². The highest BCUT2D eigenvalue weighted by Gasteiger charge is 2.45. The van der Waals surface area contributed by atoms with Crippen molar-refractivity contribution in [2.45, 2.75) is 48.5 Å². The van der Waals surface area contributed by atoms with E-state index in [2.05, 4.69) is 35.1 Å². The van der Waals surface area contributed by atoms with Crippen molar-refractivity contribution in [1.29, 1.82) is 0 Å². The Morgan fingerprint density at radius 2 is 2.05 bits per heavy atom. The number of halogens is 1. The Morgan fingerprint density at radius 1 is 1.24 bits per heavy atom.